The van der Waals surface area contributed by atoms with Crippen LogP contribution in [0.4, 0.5) is 4.79 Å². The molecule has 1 N–H and O–H groups in total. The van der Waals surface area contributed by atoms with Crippen molar-refractivity contribution in [2.45, 2.75) is 59.0 Å². The van der Waals surface area contributed by atoms with E-state index in [4.69, 9.17) is 4.74 Å². The fourth-order valence-electron chi connectivity index (χ4n) is 1.72. The summed E-state index contributed by atoms with van der Waals surface area (Å²) in [4.78, 5) is 24.4. The van der Waals surface area contributed by atoms with Crippen LogP contribution in [0, 0.1) is 0 Å². The summed E-state index contributed by atoms with van der Waals surface area (Å²) in [6.45, 7) is 13.3. The van der Waals surface area contributed by atoms with Gasteiger partial charge in [-0.25, -0.2) is 9.59 Å². The minimum Gasteiger partial charge on any atom is -0.467 e. The van der Waals surface area contributed by atoms with Crippen molar-refractivity contribution < 1.29 is 23.3 Å². The van der Waals surface area contributed by atoms with Gasteiger partial charge in [0.1, 0.15) is 11.6 Å². The van der Waals surface area contributed by atoms with E-state index >= 15 is 0 Å². The molecule has 134 valence electrons. The minimum absolute atomic E-state index is 0.0429. The van der Waals surface area contributed by atoms with Crippen LogP contribution in [0.1, 0.15) is 27.7 Å². The Morgan fingerprint density at radius 2 is 1.78 bits per heavy atom. The number of hydrogen-bond acceptors (Lipinski definition) is 5. The van der Waals surface area contributed by atoms with E-state index in [0.717, 1.165) is 0 Å². The Morgan fingerprint density at radius 1 is 1.26 bits per heavy atom. The fourth-order valence-corrected chi connectivity index (χ4v) is 5.31. The molecular formula is C15H29NO5SSi. The molecule has 0 radical (unpaired) electrons. The van der Waals surface area contributed by atoms with E-state index in [2.05, 4.69) is 29.7 Å². The summed E-state index contributed by atoms with van der Waals surface area (Å²) in [6, 6.07) is -1.01. The summed E-state index contributed by atoms with van der Waals surface area (Å²) in [6.07, 6.45) is -0.739. The zero-order valence-corrected chi connectivity index (χ0v) is 17.1. The summed E-state index contributed by atoms with van der Waals surface area (Å²) in [5.41, 5.74) is 1.34. The fraction of sp³-hybridized carbons (Fsp3) is 0.733. The minimum atomic E-state index is -1.52. The summed E-state index contributed by atoms with van der Waals surface area (Å²) in [5.74, 6) is -0.691. The van der Waals surface area contributed by atoms with Crippen molar-refractivity contribution in [3.8, 4) is 0 Å². The largest absolute Gasteiger partial charge is 0.467 e. The van der Waals surface area contributed by atoms with Gasteiger partial charge < -0.3 is 14.8 Å². The van der Waals surface area contributed by atoms with Crippen LogP contribution in [0.5, 0.6) is 0 Å². The van der Waals surface area contributed by atoms with Crippen molar-refractivity contribution in [1.82, 2.24) is 5.32 Å². The zero-order chi connectivity index (χ0) is 18.4. The number of ether oxygens (including phenoxy) is 2. The van der Waals surface area contributed by atoms with Crippen LogP contribution in [0.15, 0.2) is 10.6 Å². The zero-order valence-electron chi connectivity index (χ0n) is 15.3. The number of nitrogens with one attached hydrogen (secondary N) is 1. The number of amides is 1. The summed E-state index contributed by atoms with van der Waals surface area (Å²) in [7, 11) is -1.67. The molecule has 8 heteroatoms. The number of hydrogen-bond donors (Lipinski definition) is 1. The van der Waals surface area contributed by atoms with Crippen molar-refractivity contribution in [3.05, 3.63) is 10.6 Å². The predicted molar refractivity (Wildman–Crippen MR) is 95.3 cm³/mol. The van der Waals surface area contributed by atoms with E-state index in [1.807, 2.05) is 5.70 Å². The number of alkyl carbamates (subject to hydrolysis) is 1. The summed E-state index contributed by atoms with van der Waals surface area (Å²) < 4.78 is 22.2. The van der Waals surface area contributed by atoms with E-state index < -0.39 is 42.6 Å². The molecule has 6 nitrogen and oxygen atoms in total. The standard InChI is InChI=1S/C15H29NO5SSi/c1-11(10-23(6,7)8)22(19)9-12(13(17)20-5)16-14(18)21-15(2,3)4/h10,12H,9H2,1-8H3,(H,16,18)/b11-10+/t12-,22+/m0/s1. The second-order valence-corrected chi connectivity index (χ2v) is 14.0. The molecule has 0 aliphatic rings. The van der Waals surface area contributed by atoms with E-state index in [1.165, 1.54) is 7.11 Å². The molecule has 0 aromatic rings. The lowest BCUT2D eigenvalue weighted by Gasteiger charge is -2.22. The van der Waals surface area contributed by atoms with Crippen LogP contribution in [-0.4, -0.2) is 48.9 Å². The molecule has 0 rings (SSSR count). The van der Waals surface area contributed by atoms with Crippen molar-refractivity contribution in [2.24, 2.45) is 0 Å². The van der Waals surface area contributed by atoms with Crippen molar-refractivity contribution in [3.63, 3.8) is 0 Å². The molecule has 0 saturated heterocycles. The number of methoxy groups -OCH3 is 1. The molecule has 23 heavy (non-hydrogen) atoms. The molecule has 0 aliphatic heterocycles. The van der Waals surface area contributed by atoms with Gasteiger partial charge in [0, 0.05) is 4.91 Å². The van der Waals surface area contributed by atoms with Gasteiger partial charge in [0.15, 0.2) is 0 Å². The second kappa shape index (κ2) is 8.63. The molecule has 0 fully saturated rings. The molecule has 1 amide bonds. The van der Waals surface area contributed by atoms with Crippen LogP contribution in [0.3, 0.4) is 0 Å². The molecule has 2 atom stereocenters. The van der Waals surface area contributed by atoms with Crippen LogP contribution in [-0.2, 0) is 25.1 Å². The summed E-state index contributed by atoms with van der Waals surface area (Å²) >= 11 is 0. The monoisotopic (exact) mass is 363 g/mol. The normalized spacial score (nSPS) is 15.6. The number of allylic oxidation sites excluding steroid dienone is 1. The number of rotatable bonds is 6. The lowest BCUT2D eigenvalue weighted by molar-refractivity contribution is -0.142. The maximum Gasteiger partial charge on any atom is 0.408 e. The average molecular weight is 364 g/mol. The second-order valence-electron chi connectivity index (χ2n) is 7.36. The molecule has 0 unspecified atom stereocenters. The van der Waals surface area contributed by atoms with Gasteiger partial charge in [0.2, 0.25) is 0 Å². The van der Waals surface area contributed by atoms with Crippen molar-refractivity contribution in [1.29, 1.82) is 0 Å². The van der Waals surface area contributed by atoms with Crippen LogP contribution < -0.4 is 5.32 Å². The highest BCUT2D eigenvalue weighted by molar-refractivity contribution is 7.89. The molecule has 0 saturated carbocycles. The molecule has 0 aromatic carbocycles. The Kier molecular flexibility index (Phi) is 8.20. The van der Waals surface area contributed by atoms with E-state index in [0.29, 0.717) is 4.91 Å². The third-order valence-corrected chi connectivity index (χ3v) is 5.47. The number of esters is 1. The Labute approximate surface area is 142 Å². The molecule has 0 aromatic heterocycles. The highest BCUT2D eigenvalue weighted by Crippen LogP contribution is 2.12. The van der Waals surface area contributed by atoms with Crippen molar-refractivity contribution >= 4 is 30.9 Å². The lowest BCUT2D eigenvalue weighted by atomic mass is 10.2. The maximum atomic E-state index is 12.4. The first kappa shape index (κ1) is 21.8. The van der Waals surface area contributed by atoms with Gasteiger partial charge in [0.05, 0.1) is 31.7 Å². The Hall–Kier alpha value is -1.15. The Bertz CT molecular complexity index is 491. The van der Waals surface area contributed by atoms with Gasteiger partial charge in [-0.05, 0) is 27.7 Å². The quantitative estimate of drug-likeness (QED) is 0.579. The predicted octanol–water partition coefficient (Wildman–Crippen LogP) is 2.58. The van der Waals surface area contributed by atoms with E-state index in [1.54, 1.807) is 27.7 Å². The van der Waals surface area contributed by atoms with Gasteiger partial charge in [-0.15, -0.1) is 0 Å². The first-order chi connectivity index (χ1) is 10.2. The van der Waals surface area contributed by atoms with E-state index in [9.17, 15) is 13.8 Å². The Balaban J connectivity index is 5.01. The van der Waals surface area contributed by atoms with Gasteiger partial charge in [0.25, 0.3) is 0 Å². The van der Waals surface area contributed by atoms with Crippen LogP contribution in [0.25, 0.3) is 0 Å². The van der Waals surface area contributed by atoms with Gasteiger partial charge in [-0.2, -0.15) is 0 Å². The smallest absolute Gasteiger partial charge is 0.408 e. The first-order valence-corrected chi connectivity index (χ1v) is 12.3. The van der Waals surface area contributed by atoms with Gasteiger partial charge in [-0.1, -0.05) is 25.3 Å². The molecule has 0 bridgehead atoms. The van der Waals surface area contributed by atoms with Crippen LogP contribution >= 0.6 is 0 Å². The topological polar surface area (TPSA) is 81.7 Å². The average Bonchev–Trinajstić information content (AvgIpc) is 2.32. The SMILES string of the molecule is COC(=O)[C@H](C[S@@](=O)/C(C)=C/[Si](C)(C)C)NC(=O)OC(C)(C)C. The van der Waals surface area contributed by atoms with Gasteiger partial charge >= 0.3 is 12.1 Å². The maximum absolute atomic E-state index is 12.4. The van der Waals surface area contributed by atoms with Gasteiger partial charge in [-0.3, -0.25) is 4.21 Å². The summed E-state index contributed by atoms with van der Waals surface area (Å²) in [5, 5.41) is 2.43. The highest BCUT2D eigenvalue weighted by atomic mass is 32.2. The first-order valence-electron chi connectivity index (χ1n) is 7.40. The number of carbonyl (C=O) groups excluding carboxylic acids is 2. The lowest BCUT2D eigenvalue weighted by Crippen LogP contribution is -2.47. The van der Waals surface area contributed by atoms with E-state index in [-0.39, 0.29) is 5.75 Å². The molecular weight excluding hydrogens is 334 g/mol. The third-order valence-electron chi connectivity index (χ3n) is 2.49. The third kappa shape index (κ3) is 10.3. The molecule has 0 aliphatic carbocycles. The van der Waals surface area contributed by atoms with Crippen molar-refractivity contribution in [2.75, 3.05) is 12.9 Å². The highest BCUT2D eigenvalue weighted by Gasteiger charge is 2.27. The molecule has 0 heterocycles. The number of carbonyl (C=O) groups is 2. The Morgan fingerprint density at radius 3 is 2.17 bits per heavy atom. The molecule has 0 spiro atoms. The van der Waals surface area contributed by atoms with Crippen LogP contribution in [0.2, 0.25) is 19.6 Å².